The number of halogens is 1. The highest BCUT2D eigenvalue weighted by atomic mass is 19.1. The van der Waals surface area contributed by atoms with Crippen LogP contribution in [0, 0.1) is 5.82 Å². The molecule has 0 amide bonds. The van der Waals surface area contributed by atoms with Crippen LogP contribution in [0.1, 0.15) is 6.92 Å². The van der Waals surface area contributed by atoms with Crippen molar-refractivity contribution in [3.05, 3.63) is 12.0 Å². The molecule has 0 unspecified atom stereocenters. The largest absolute Gasteiger partial charge is 0.394 e. The molecule has 0 aromatic carbocycles. The summed E-state index contributed by atoms with van der Waals surface area (Å²) >= 11 is 0. The number of hydrogen-bond donors (Lipinski definition) is 3. The van der Waals surface area contributed by atoms with Gasteiger partial charge in [-0.2, -0.15) is 4.98 Å². The maximum Gasteiger partial charge on any atom is 0.224 e. The van der Waals surface area contributed by atoms with Crippen molar-refractivity contribution in [1.29, 1.82) is 0 Å². The second-order valence-electron chi connectivity index (χ2n) is 3.18. The number of aromatic nitrogens is 2. The van der Waals surface area contributed by atoms with E-state index < -0.39 is 5.82 Å². The summed E-state index contributed by atoms with van der Waals surface area (Å²) in [6.07, 6.45) is 1.11. The van der Waals surface area contributed by atoms with E-state index in [0.29, 0.717) is 25.6 Å². The normalized spacial score (nSPS) is 10.3. The Kier molecular flexibility index (Phi) is 6.19. The number of nitrogens with one attached hydrogen (secondary N) is 2. The summed E-state index contributed by atoms with van der Waals surface area (Å²) < 4.78 is 18.3. The second-order valence-corrected chi connectivity index (χ2v) is 3.18. The van der Waals surface area contributed by atoms with Crippen molar-refractivity contribution >= 4 is 11.8 Å². The Morgan fingerprint density at radius 2 is 2.24 bits per heavy atom. The molecule has 1 rings (SSSR count). The van der Waals surface area contributed by atoms with Gasteiger partial charge in [0.1, 0.15) is 0 Å². The molecule has 1 heterocycles. The topological polar surface area (TPSA) is 79.3 Å². The summed E-state index contributed by atoms with van der Waals surface area (Å²) in [6.45, 7) is 3.62. The SMILES string of the molecule is CCNc1ncc(F)c(NCCOCCO)n1. The predicted molar refractivity (Wildman–Crippen MR) is 62.5 cm³/mol. The van der Waals surface area contributed by atoms with E-state index in [0.717, 1.165) is 6.20 Å². The minimum Gasteiger partial charge on any atom is -0.394 e. The van der Waals surface area contributed by atoms with Gasteiger partial charge in [0.25, 0.3) is 0 Å². The van der Waals surface area contributed by atoms with Gasteiger partial charge in [-0.05, 0) is 6.92 Å². The molecule has 0 atom stereocenters. The second kappa shape index (κ2) is 7.75. The molecular formula is C10H17FN4O2. The first-order valence-electron chi connectivity index (χ1n) is 5.46. The Morgan fingerprint density at radius 3 is 2.94 bits per heavy atom. The van der Waals surface area contributed by atoms with Crippen molar-refractivity contribution in [3.8, 4) is 0 Å². The highest BCUT2D eigenvalue weighted by molar-refractivity contribution is 5.40. The lowest BCUT2D eigenvalue weighted by Gasteiger charge is -2.08. The summed E-state index contributed by atoms with van der Waals surface area (Å²) in [4.78, 5) is 7.75. The van der Waals surface area contributed by atoms with Crippen molar-refractivity contribution in [2.45, 2.75) is 6.92 Å². The molecule has 17 heavy (non-hydrogen) atoms. The van der Waals surface area contributed by atoms with Gasteiger partial charge in [0, 0.05) is 13.1 Å². The van der Waals surface area contributed by atoms with Crippen LogP contribution in [-0.4, -0.2) is 48.0 Å². The molecule has 6 nitrogen and oxygen atoms in total. The average molecular weight is 244 g/mol. The quantitative estimate of drug-likeness (QED) is 0.577. The molecule has 0 aliphatic rings. The summed E-state index contributed by atoms with van der Waals surface area (Å²) in [5, 5.41) is 14.2. The van der Waals surface area contributed by atoms with Gasteiger partial charge in [0.2, 0.25) is 5.95 Å². The Bertz CT molecular complexity index is 338. The Labute approximate surface area is 99.2 Å². The fourth-order valence-corrected chi connectivity index (χ4v) is 1.14. The number of ether oxygens (including phenoxy) is 1. The lowest BCUT2D eigenvalue weighted by molar-refractivity contribution is 0.0991. The molecule has 0 aliphatic heterocycles. The summed E-state index contributed by atoms with van der Waals surface area (Å²) in [5.74, 6) is 0.0186. The lowest BCUT2D eigenvalue weighted by atomic mass is 10.5. The van der Waals surface area contributed by atoms with Gasteiger partial charge < -0.3 is 20.5 Å². The van der Waals surface area contributed by atoms with E-state index in [2.05, 4.69) is 20.6 Å². The van der Waals surface area contributed by atoms with E-state index in [-0.39, 0.29) is 19.0 Å². The summed E-state index contributed by atoms with van der Waals surface area (Å²) in [6, 6.07) is 0. The molecule has 0 fully saturated rings. The van der Waals surface area contributed by atoms with Crippen LogP contribution in [0.25, 0.3) is 0 Å². The van der Waals surface area contributed by atoms with Crippen LogP contribution < -0.4 is 10.6 Å². The zero-order valence-electron chi connectivity index (χ0n) is 9.74. The van der Waals surface area contributed by atoms with Gasteiger partial charge in [-0.1, -0.05) is 0 Å². The fraction of sp³-hybridized carbons (Fsp3) is 0.600. The van der Waals surface area contributed by atoms with Gasteiger partial charge in [-0.15, -0.1) is 0 Å². The Morgan fingerprint density at radius 1 is 1.41 bits per heavy atom. The number of anilines is 2. The average Bonchev–Trinajstić information content (AvgIpc) is 2.33. The molecule has 0 saturated carbocycles. The smallest absolute Gasteiger partial charge is 0.224 e. The van der Waals surface area contributed by atoms with Crippen molar-refractivity contribution in [3.63, 3.8) is 0 Å². The van der Waals surface area contributed by atoms with Gasteiger partial charge >= 0.3 is 0 Å². The summed E-state index contributed by atoms with van der Waals surface area (Å²) in [7, 11) is 0. The van der Waals surface area contributed by atoms with Crippen molar-refractivity contribution < 1.29 is 14.2 Å². The lowest BCUT2D eigenvalue weighted by Crippen LogP contribution is -2.14. The van der Waals surface area contributed by atoms with E-state index in [9.17, 15) is 4.39 Å². The van der Waals surface area contributed by atoms with Crippen LogP contribution in [-0.2, 0) is 4.74 Å². The third-order valence-corrected chi connectivity index (χ3v) is 1.85. The van der Waals surface area contributed by atoms with E-state index in [4.69, 9.17) is 9.84 Å². The predicted octanol–water partition coefficient (Wildman–Crippen LogP) is 0.468. The maximum absolute atomic E-state index is 13.3. The Balaban J connectivity index is 2.42. The van der Waals surface area contributed by atoms with Gasteiger partial charge in [-0.3, -0.25) is 0 Å². The first-order valence-corrected chi connectivity index (χ1v) is 5.46. The fourth-order valence-electron chi connectivity index (χ4n) is 1.14. The zero-order chi connectivity index (χ0) is 12.5. The van der Waals surface area contributed by atoms with E-state index in [1.165, 1.54) is 0 Å². The number of nitrogens with zero attached hydrogens (tertiary/aromatic N) is 2. The van der Waals surface area contributed by atoms with E-state index >= 15 is 0 Å². The number of aliphatic hydroxyl groups is 1. The van der Waals surface area contributed by atoms with Crippen LogP contribution >= 0.6 is 0 Å². The van der Waals surface area contributed by atoms with E-state index in [1.807, 2.05) is 6.92 Å². The van der Waals surface area contributed by atoms with Crippen LogP contribution in [0.3, 0.4) is 0 Å². The Hall–Kier alpha value is -1.47. The number of rotatable bonds is 8. The highest BCUT2D eigenvalue weighted by Crippen LogP contribution is 2.11. The first-order chi connectivity index (χ1) is 8.27. The van der Waals surface area contributed by atoms with Crippen molar-refractivity contribution in [2.75, 3.05) is 43.5 Å². The van der Waals surface area contributed by atoms with Gasteiger partial charge in [0.05, 0.1) is 26.0 Å². The number of aliphatic hydroxyl groups excluding tert-OH is 1. The molecule has 1 aromatic rings. The van der Waals surface area contributed by atoms with E-state index in [1.54, 1.807) is 0 Å². The molecule has 0 spiro atoms. The molecule has 96 valence electrons. The minimum atomic E-state index is -0.506. The first kappa shape index (κ1) is 13.6. The van der Waals surface area contributed by atoms with Crippen molar-refractivity contribution in [1.82, 2.24) is 9.97 Å². The molecule has 1 aromatic heterocycles. The molecule has 3 N–H and O–H groups in total. The molecule has 0 radical (unpaired) electrons. The van der Waals surface area contributed by atoms with Crippen molar-refractivity contribution in [2.24, 2.45) is 0 Å². The molecule has 7 heteroatoms. The minimum absolute atomic E-state index is 0.0214. The van der Waals surface area contributed by atoms with Crippen LogP contribution in [0.4, 0.5) is 16.2 Å². The van der Waals surface area contributed by atoms with Crippen LogP contribution in [0.2, 0.25) is 0 Å². The molecule has 0 aliphatic carbocycles. The number of hydrogen-bond acceptors (Lipinski definition) is 6. The monoisotopic (exact) mass is 244 g/mol. The molecular weight excluding hydrogens is 227 g/mol. The molecule has 0 saturated heterocycles. The third-order valence-electron chi connectivity index (χ3n) is 1.85. The van der Waals surface area contributed by atoms with Crippen LogP contribution in [0.15, 0.2) is 6.20 Å². The third kappa shape index (κ3) is 4.92. The summed E-state index contributed by atoms with van der Waals surface area (Å²) in [5.41, 5.74) is 0. The molecule has 0 bridgehead atoms. The maximum atomic E-state index is 13.3. The zero-order valence-corrected chi connectivity index (χ0v) is 9.74. The highest BCUT2D eigenvalue weighted by Gasteiger charge is 2.05. The van der Waals surface area contributed by atoms with Gasteiger partial charge in [0.15, 0.2) is 11.6 Å². The standard InChI is InChI=1S/C10H17FN4O2/c1-2-12-10-14-7-8(11)9(15-10)13-3-5-17-6-4-16/h7,16H,2-6H2,1H3,(H2,12,13,14,15). The van der Waals surface area contributed by atoms with Gasteiger partial charge in [-0.25, -0.2) is 9.37 Å². The van der Waals surface area contributed by atoms with Crippen LogP contribution in [0.5, 0.6) is 0 Å².